The molecular weight excluding hydrogens is 337 g/mol. The summed E-state index contributed by atoms with van der Waals surface area (Å²) in [4.78, 5) is 16.3. The molecule has 0 radical (unpaired) electrons. The minimum atomic E-state index is -0.358. The number of nitrogens with zero attached hydrogens (tertiary/aromatic N) is 2. The van der Waals surface area contributed by atoms with Crippen LogP contribution in [0.3, 0.4) is 0 Å². The number of methoxy groups -OCH3 is 1. The Balaban J connectivity index is 1.56. The Kier molecular flexibility index (Phi) is 5.26. The molecule has 3 rings (SSSR count). The number of carbonyl (C=O) groups is 1. The largest absolute Gasteiger partial charge is 0.497 e. The Bertz CT molecular complexity index is 907. The summed E-state index contributed by atoms with van der Waals surface area (Å²) < 4.78 is 23.8. The molecule has 1 amide bonds. The second-order valence-corrected chi connectivity index (χ2v) is 5.75. The van der Waals surface area contributed by atoms with Gasteiger partial charge in [-0.25, -0.2) is 4.39 Å². The fourth-order valence-electron chi connectivity index (χ4n) is 2.33. The predicted molar refractivity (Wildman–Crippen MR) is 94.4 cm³/mol. The van der Waals surface area contributed by atoms with Gasteiger partial charge in [-0.15, -0.1) is 0 Å². The number of aromatic nitrogens is 2. The highest BCUT2D eigenvalue weighted by molar-refractivity contribution is 5.90. The molecule has 1 N–H and O–H groups in total. The molecule has 0 bridgehead atoms. The van der Waals surface area contributed by atoms with Gasteiger partial charge in [0.1, 0.15) is 11.6 Å². The van der Waals surface area contributed by atoms with Crippen LogP contribution in [0.25, 0.3) is 11.4 Å². The van der Waals surface area contributed by atoms with Crippen molar-refractivity contribution < 1.29 is 18.4 Å². The molecule has 7 heteroatoms. The number of nitrogens with one attached hydrogen (secondary N) is 1. The van der Waals surface area contributed by atoms with Crippen LogP contribution in [0.4, 0.5) is 10.1 Å². The number of ether oxygens (including phenoxy) is 1. The second-order valence-electron chi connectivity index (χ2n) is 5.75. The average molecular weight is 355 g/mol. The highest BCUT2D eigenvalue weighted by Crippen LogP contribution is 2.20. The van der Waals surface area contributed by atoms with Crippen LogP contribution < -0.4 is 10.1 Å². The van der Waals surface area contributed by atoms with Crippen molar-refractivity contribution in [1.29, 1.82) is 0 Å². The standard InChI is InChI=1S/C19H18FN3O3/c1-12-3-6-14(11-16(12)20)21-17(24)9-10-18-22-19(23-26-18)13-4-7-15(25-2)8-5-13/h3-8,11H,9-10H2,1-2H3,(H,21,24). The van der Waals surface area contributed by atoms with Crippen molar-refractivity contribution in [3.63, 3.8) is 0 Å². The Labute approximate surface area is 150 Å². The topological polar surface area (TPSA) is 77.2 Å². The van der Waals surface area contributed by atoms with Crippen molar-refractivity contribution in [2.75, 3.05) is 12.4 Å². The third-order valence-electron chi connectivity index (χ3n) is 3.84. The molecule has 0 aliphatic rings. The highest BCUT2D eigenvalue weighted by atomic mass is 19.1. The number of rotatable bonds is 6. The van der Waals surface area contributed by atoms with Crippen LogP contribution in [0.2, 0.25) is 0 Å². The Morgan fingerprint density at radius 3 is 2.69 bits per heavy atom. The SMILES string of the molecule is COc1ccc(-c2noc(CCC(=O)Nc3ccc(C)c(F)c3)n2)cc1. The van der Waals surface area contributed by atoms with Gasteiger partial charge in [0.25, 0.3) is 0 Å². The maximum Gasteiger partial charge on any atom is 0.227 e. The molecule has 0 aliphatic carbocycles. The van der Waals surface area contributed by atoms with Gasteiger partial charge in [0.2, 0.25) is 17.6 Å². The maximum absolute atomic E-state index is 13.5. The summed E-state index contributed by atoms with van der Waals surface area (Å²) in [7, 11) is 1.59. The van der Waals surface area contributed by atoms with E-state index in [9.17, 15) is 9.18 Å². The maximum atomic E-state index is 13.5. The summed E-state index contributed by atoms with van der Waals surface area (Å²) in [6.45, 7) is 1.66. The van der Waals surface area contributed by atoms with Crippen LogP contribution in [0, 0.1) is 12.7 Å². The van der Waals surface area contributed by atoms with Crippen molar-refractivity contribution in [1.82, 2.24) is 10.1 Å². The average Bonchev–Trinajstić information content (AvgIpc) is 3.12. The first kappa shape index (κ1) is 17.6. The molecule has 134 valence electrons. The lowest BCUT2D eigenvalue weighted by Gasteiger charge is -2.05. The molecule has 0 spiro atoms. The zero-order valence-electron chi connectivity index (χ0n) is 14.5. The highest BCUT2D eigenvalue weighted by Gasteiger charge is 2.11. The van der Waals surface area contributed by atoms with E-state index < -0.39 is 0 Å². The van der Waals surface area contributed by atoms with Gasteiger partial charge in [-0.3, -0.25) is 4.79 Å². The summed E-state index contributed by atoms with van der Waals surface area (Å²) >= 11 is 0. The lowest BCUT2D eigenvalue weighted by Crippen LogP contribution is -2.12. The van der Waals surface area contributed by atoms with Crippen molar-refractivity contribution >= 4 is 11.6 Å². The van der Waals surface area contributed by atoms with Crippen LogP contribution in [-0.2, 0) is 11.2 Å². The zero-order chi connectivity index (χ0) is 18.5. The molecule has 0 unspecified atom stereocenters. The van der Waals surface area contributed by atoms with Crippen LogP contribution >= 0.6 is 0 Å². The first-order valence-electron chi connectivity index (χ1n) is 8.08. The Morgan fingerprint density at radius 2 is 2.00 bits per heavy atom. The smallest absolute Gasteiger partial charge is 0.227 e. The number of hydrogen-bond donors (Lipinski definition) is 1. The van der Waals surface area contributed by atoms with Gasteiger partial charge in [-0.1, -0.05) is 11.2 Å². The van der Waals surface area contributed by atoms with E-state index in [1.165, 1.54) is 6.07 Å². The lowest BCUT2D eigenvalue weighted by molar-refractivity contribution is -0.116. The van der Waals surface area contributed by atoms with E-state index in [2.05, 4.69) is 15.5 Å². The van der Waals surface area contributed by atoms with Gasteiger partial charge in [0, 0.05) is 24.1 Å². The van der Waals surface area contributed by atoms with Gasteiger partial charge in [0.05, 0.1) is 7.11 Å². The van der Waals surface area contributed by atoms with Gasteiger partial charge in [-0.05, 0) is 48.9 Å². The monoisotopic (exact) mass is 355 g/mol. The van der Waals surface area contributed by atoms with Crippen molar-refractivity contribution in [3.05, 3.63) is 59.7 Å². The fraction of sp³-hybridized carbons (Fsp3) is 0.211. The number of benzene rings is 2. The number of carbonyl (C=O) groups excluding carboxylic acids is 1. The van der Waals surface area contributed by atoms with Gasteiger partial charge in [-0.2, -0.15) is 4.98 Å². The van der Waals surface area contributed by atoms with Gasteiger partial charge < -0.3 is 14.6 Å². The van der Waals surface area contributed by atoms with Crippen molar-refractivity contribution in [2.45, 2.75) is 19.8 Å². The molecule has 1 aromatic heterocycles. The van der Waals surface area contributed by atoms with Crippen LogP contribution in [-0.4, -0.2) is 23.2 Å². The number of hydrogen-bond acceptors (Lipinski definition) is 5. The Morgan fingerprint density at radius 1 is 1.23 bits per heavy atom. The molecule has 0 aliphatic heterocycles. The summed E-state index contributed by atoms with van der Waals surface area (Å²) in [6, 6.07) is 11.8. The quantitative estimate of drug-likeness (QED) is 0.728. The van der Waals surface area contributed by atoms with Crippen molar-refractivity contribution in [3.8, 4) is 17.1 Å². The Hall–Kier alpha value is -3.22. The minimum Gasteiger partial charge on any atom is -0.497 e. The lowest BCUT2D eigenvalue weighted by atomic mass is 10.2. The van der Waals surface area contributed by atoms with E-state index in [1.807, 2.05) is 12.1 Å². The number of aryl methyl sites for hydroxylation is 2. The minimum absolute atomic E-state index is 0.153. The first-order chi connectivity index (χ1) is 12.5. The fourth-order valence-corrected chi connectivity index (χ4v) is 2.33. The normalized spacial score (nSPS) is 10.6. The van der Waals surface area contributed by atoms with Gasteiger partial charge in [0.15, 0.2) is 0 Å². The second kappa shape index (κ2) is 7.77. The number of halogens is 1. The van der Waals surface area contributed by atoms with Gasteiger partial charge >= 0.3 is 0 Å². The van der Waals surface area contributed by atoms with E-state index >= 15 is 0 Å². The zero-order valence-corrected chi connectivity index (χ0v) is 14.5. The van der Waals surface area contributed by atoms with Crippen molar-refractivity contribution in [2.24, 2.45) is 0 Å². The van der Waals surface area contributed by atoms with E-state index in [4.69, 9.17) is 9.26 Å². The van der Waals surface area contributed by atoms with E-state index in [0.717, 1.165) is 11.3 Å². The summed E-state index contributed by atoms with van der Waals surface area (Å²) in [6.07, 6.45) is 0.447. The summed E-state index contributed by atoms with van der Waals surface area (Å²) in [5, 5.41) is 6.57. The molecule has 0 atom stereocenters. The van der Waals surface area contributed by atoms with E-state index in [0.29, 0.717) is 29.4 Å². The molecule has 0 fully saturated rings. The van der Waals surface area contributed by atoms with Crippen LogP contribution in [0.15, 0.2) is 47.0 Å². The molecule has 0 saturated carbocycles. The predicted octanol–water partition coefficient (Wildman–Crippen LogP) is 3.76. The van der Waals surface area contributed by atoms with Crippen LogP contribution in [0.5, 0.6) is 5.75 Å². The molecule has 1 heterocycles. The molecule has 3 aromatic rings. The summed E-state index contributed by atoms with van der Waals surface area (Å²) in [5.74, 6) is 0.938. The first-order valence-corrected chi connectivity index (χ1v) is 8.08. The molecule has 6 nitrogen and oxygen atoms in total. The third kappa shape index (κ3) is 4.24. The molecule has 2 aromatic carbocycles. The molecule has 0 saturated heterocycles. The number of anilines is 1. The third-order valence-corrected chi connectivity index (χ3v) is 3.84. The molecule has 26 heavy (non-hydrogen) atoms. The van der Waals surface area contributed by atoms with Crippen LogP contribution in [0.1, 0.15) is 17.9 Å². The molecular formula is C19H18FN3O3. The van der Waals surface area contributed by atoms with E-state index in [1.54, 1.807) is 38.3 Å². The number of amides is 1. The summed E-state index contributed by atoms with van der Waals surface area (Å²) in [5.41, 5.74) is 1.74. The van der Waals surface area contributed by atoms with E-state index in [-0.39, 0.29) is 18.1 Å².